The van der Waals surface area contributed by atoms with E-state index in [-0.39, 0.29) is 34.9 Å². The summed E-state index contributed by atoms with van der Waals surface area (Å²) in [5.41, 5.74) is 0.275. The van der Waals surface area contributed by atoms with Crippen LogP contribution in [0.25, 0.3) is 0 Å². The zero-order chi connectivity index (χ0) is 14.8. The number of sulfone groups is 1. The van der Waals surface area contributed by atoms with Crippen LogP contribution in [-0.2, 0) is 19.4 Å². The summed E-state index contributed by atoms with van der Waals surface area (Å²) in [6.45, 7) is 0.283. The minimum Gasteiger partial charge on any atom is -0.355 e. The van der Waals surface area contributed by atoms with Crippen molar-refractivity contribution >= 4 is 27.3 Å². The van der Waals surface area contributed by atoms with Gasteiger partial charge < -0.3 is 10.6 Å². The fourth-order valence-electron chi connectivity index (χ4n) is 2.08. The normalized spacial score (nSPS) is 19.2. The van der Waals surface area contributed by atoms with Gasteiger partial charge in [-0.1, -0.05) is 12.1 Å². The first-order valence-corrected chi connectivity index (χ1v) is 8.13. The van der Waals surface area contributed by atoms with Gasteiger partial charge >= 0.3 is 0 Å². The van der Waals surface area contributed by atoms with Crippen LogP contribution in [0.4, 0.5) is 5.69 Å². The Kier molecular flexibility index (Phi) is 4.08. The van der Waals surface area contributed by atoms with Crippen molar-refractivity contribution in [3.63, 3.8) is 0 Å². The van der Waals surface area contributed by atoms with Crippen molar-refractivity contribution in [1.82, 2.24) is 5.32 Å². The molecule has 0 aromatic heterocycles. The van der Waals surface area contributed by atoms with Gasteiger partial charge in [0, 0.05) is 19.2 Å². The molecule has 1 heterocycles. The molecule has 1 aliphatic rings. The maximum Gasteiger partial charge on any atom is 0.229 e. The number of carbonyl (C=O) groups is 2. The van der Waals surface area contributed by atoms with Crippen molar-refractivity contribution in [3.05, 3.63) is 24.3 Å². The van der Waals surface area contributed by atoms with Crippen LogP contribution in [0.5, 0.6) is 0 Å². The molecule has 0 saturated carbocycles. The summed E-state index contributed by atoms with van der Waals surface area (Å²) in [5, 5.41) is 5.26. The average molecular weight is 296 g/mol. The van der Waals surface area contributed by atoms with Crippen LogP contribution in [-0.4, -0.2) is 33.0 Å². The first-order chi connectivity index (χ1) is 9.38. The van der Waals surface area contributed by atoms with Crippen LogP contribution in [0.3, 0.4) is 0 Å². The van der Waals surface area contributed by atoms with Gasteiger partial charge in [-0.05, 0) is 18.6 Å². The van der Waals surface area contributed by atoms with E-state index in [0.29, 0.717) is 12.8 Å². The Morgan fingerprint density at radius 2 is 2.05 bits per heavy atom. The quantitative estimate of drug-likeness (QED) is 0.852. The van der Waals surface area contributed by atoms with Crippen LogP contribution in [0.15, 0.2) is 29.2 Å². The SMILES string of the molecule is CS(=O)(=O)c1ccccc1NC(=O)C1CCC(=O)NC1. The number of hydrogen-bond donors (Lipinski definition) is 2. The van der Waals surface area contributed by atoms with Crippen molar-refractivity contribution in [2.24, 2.45) is 5.92 Å². The topological polar surface area (TPSA) is 92.3 Å². The molecule has 0 spiro atoms. The lowest BCUT2D eigenvalue weighted by atomic mass is 9.98. The number of benzene rings is 1. The number of hydrogen-bond acceptors (Lipinski definition) is 4. The Hall–Kier alpha value is -1.89. The number of para-hydroxylation sites is 1. The van der Waals surface area contributed by atoms with Crippen LogP contribution in [0.1, 0.15) is 12.8 Å². The monoisotopic (exact) mass is 296 g/mol. The molecular formula is C13H16N2O4S. The molecule has 1 aromatic carbocycles. The van der Waals surface area contributed by atoms with Crippen LogP contribution < -0.4 is 10.6 Å². The third-order valence-electron chi connectivity index (χ3n) is 3.18. The predicted octanol–water partition coefficient (Wildman–Crippen LogP) is 0.555. The second kappa shape index (κ2) is 5.62. The van der Waals surface area contributed by atoms with E-state index in [4.69, 9.17) is 0 Å². The molecule has 2 rings (SSSR count). The molecule has 20 heavy (non-hydrogen) atoms. The first-order valence-electron chi connectivity index (χ1n) is 6.24. The van der Waals surface area contributed by atoms with Gasteiger partial charge in [0.1, 0.15) is 0 Å². The van der Waals surface area contributed by atoms with E-state index in [0.717, 1.165) is 6.26 Å². The van der Waals surface area contributed by atoms with Gasteiger partial charge in [-0.15, -0.1) is 0 Å². The van der Waals surface area contributed by atoms with Gasteiger partial charge in [-0.25, -0.2) is 8.42 Å². The lowest BCUT2D eigenvalue weighted by molar-refractivity contribution is -0.126. The summed E-state index contributed by atoms with van der Waals surface area (Å²) >= 11 is 0. The molecule has 1 saturated heterocycles. The van der Waals surface area contributed by atoms with Crippen LogP contribution in [0, 0.1) is 5.92 Å². The molecule has 0 radical (unpaired) electrons. The highest BCUT2D eigenvalue weighted by molar-refractivity contribution is 7.90. The average Bonchev–Trinajstić information content (AvgIpc) is 2.38. The Morgan fingerprint density at radius 1 is 1.35 bits per heavy atom. The van der Waals surface area contributed by atoms with Gasteiger partial charge in [-0.2, -0.15) is 0 Å². The molecule has 0 bridgehead atoms. The second-order valence-corrected chi connectivity index (χ2v) is 6.78. The molecule has 2 N–H and O–H groups in total. The smallest absolute Gasteiger partial charge is 0.229 e. The highest BCUT2D eigenvalue weighted by Gasteiger charge is 2.25. The third kappa shape index (κ3) is 3.36. The van der Waals surface area contributed by atoms with E-state index in [9.17, 15) is 18.0 Å². The minimum absolute atomic E-state index is 0.0643. The van der Waals surface area contributed by atoms with Crippen molar-refractivity contribution in [2.75, 3.05) is 18.1 Å². The standard InChI is InChI=1S/C13H16N2O4S/c1-20(18,19)11-5-3-2-4-10(11)15-13(17)9-6-7-12(16)14-8-9/h2-5,9H,6-8H2,1H3,(H,14,16)(H,15,17). The molecule has 108 valence electrons. The number of anilines is 1. The van der Waals surface area contributed by atoms with E-state index in [1.807, 2.05) is 0 Å². The molecule has 1 aliphatic heterocycles. The molecule has 0 aliphatic carbocycles. The molecule has 1 atom stereocenters. The Labute approximate surface area is 117 Å². The second-order valence-electron chi connectivity index (χ2n) is 4.80. The minimum atomic E-state index is -3.40. The summed E-state index contributed by atoms with van der Waals surface area (Å²) in [4.78, 5) is 23.2. The van der Waals surface area contributed by atoms with Crippen molar-refractivity contribution in [2.45, 2.75) is 17.7 Å². The lowest BCUT2D eigenvalue weighted by Gasteiger charge is -2.22. The molecule has 7 heteroatoms. The number of nitrogens with one attached hydrogen (secondary N) is 2. The summed E-state index contributed by atoms with van der Waals surface area (Å²) in [5.74, 6) is -0.674. The van der Waals surface area contributed by atoms with E-state index < -0.39 is 9.84 Å². The number of carbonyl (C=O) groups excluding carboxylic acids is 2. The van der Waals surface area contributed by atoms with E-state index in [2.05, 4.69) is 10.6 Å². The maximum absolute atomic E-state index is 12.1. The first kappa shape index (κ1) is 14.5. The maximum atomic E-state index is 12.1. The van der Waals surface area contributed by atoms with Crippen molar-refractivity contribution < 1.29 is 18.0 Å². The molecule has 1 fully saturated rings. The zero-order valence-electron chi connectivity index (χ0n) is 11.0. The van der Waals surface area contributed by atoms with Gasteiger partial charge in [0.2, 0.25) is 11.8 Å². The number of piperidine rings is 1. The predicted molar refractivity (Wildman–Crippen MR) is 73.9 cm³/mol. The van der Waals surface area contributed by atoms with Crippen molar-refractivity contribution in [1.29, 1.82) is 0 Å². The van der Waals surface area contributed by atoms with Crippen LogP contribution in [0.2, 0.25) is 0 Å². The highest BCUT2D eigenvalue weighted by Crippen LogP contribution is 2.22. The molecule has 1 aromatic rings. The Morgan fingerprint density at radius 3 is 2.65 bits per heavy atom. The lowest BCUT2D eigenvalue weighted by Crippen LogP contribution is -2.40. The van der Waals surface area contributed by atoms with Crippen molar-refractivity contribution in [3.8, 4) is 0 Å². The Balaban J connectivity index is 2.14. The van der Waals surface area contributed by atoms with Crippen LogP contribution >= 0.6 is 0 Å². The van der Waals surface area contributed by atoms with E-state index >= 15 is 0 Å². The third-order valence-corrected chi connectivity index (χ3v) is 4.34. The summed E-state index contributed by atoms with van der Waals surface area (Å²) in [6.07, 6.45) is 1.88. The van der Waals surface area contributed by atoms with E-state index in [1.54, 1.807) is 18.2 Å². The molecular weight excluding hydrogens is 280 g/mol. The number of rotatable bonds is 3. The summed E-state index contributed by atoms with van der Waals surface area (Å²) < 4.78 is 23.3. The summed E-state index contributed by atoms with van der Waals surface area (Å²) in [7, 11) is -3.40. The number of amides is 2. The van der Waals surface area contributed by atoms with Gasteiger partial charge in [0.05, 0.1) is 16.5 Å². The van der Waals surface area contributed by atoms with Gasteiger partial charge in [0.25, 0.3) is 0 Å². The fourth-order valence-corrected chi connectivity index (χ4v) is 2.93. The molecule has 1 unspecified atom stereocenters. The van der Waals surface area contributed by atoms with E-state index in [1.165, 1.54) is 6.07 Å². The molecule has 6 nitrogen and oxygen atoms in total. The molecule has 2 amide bonds. The van der Waals surface area contributed by atoms with Gasteiger partial charge in [0.15, 0.2) is 9.84 Å². The van der Waals surface area contributed by atoms with Gasteiger partial charge in [-0.3, -0.25) is 9.59 Å². The Bertz CT molecular complexity index is 630. The largest absolute Gasteiger partial charge is 0.355 e. The highest BCUT2D eigenvalue weighted by atomic mass is 32.2. The fraction of sp³-hybridized carbons (Fsp3) is 0.385. The summed E-state index contributed by atoms with van der Waals surface area (Å²) in [6, 6.07) is 6.27. The zero-order valence-corrected chi connectivity index (χ0v) is 11.9.